The number of hydrogen-bond acceptors (Lipinski definition) is 2. The van der Waals surface area contributed by atoms with Gasteiger partial charge < -0.3 is 9.80 Å². The van der Waals surface area contributed by atoms with Crippen molar-refractivity contribution in [3.8, 4) is 6.07 Å². The molecule has 0 N–H and O–H groups in total. The Morgan fingerprint density at radius 1 is 1.41 bits per heavy atom. The van der Waals surface area contributed by atoms with Gasteiger partial charge in [0.2, 0.25) is 0 Å². The summed E-state index contributed by atoms with van der Waals surface area (Å²) in [4.78, 5) is 15.2. The largest absolute Gasteiger partial charge is 0.324 e. The fraction of sp³-hybridized carbons (Fsp3) is 0.846. The van der Waals surface area contributed by atoms with E-state index in [1.54, 1.807) is 7.05 Å². The lowest BCUT2D eigenvalue weighted by molar-refractivity contribution is 0.123. The maximum Gasteiger partial charge on any atom is 0.320 e. The second-order valence-corrected chi connectivity index (χ2v) is 4.49. The Morgan fingerprint density at radius 2 is 2.00 bits per heavy atom. The smallest absolute Gasteiger partial charge is 0.320 e. The molecule has 1 saturated heterocycles. The van der Waals surface area contributed by atoms with Gasteiger partial charge in [-0.2, -0.15) is 5.26 Å². The van der Waals surface area contributed by atoms with Gasteiger partial charge in [0, 0.05) is 20.1 Å². The lowest BCUT2D eigenvalue weighted by atomic mass is 9.89. The van der Waals surface area contributed by atoms with Gasteiger partial charge in [-0.3, -0.25) is 0 Å². The molecule has 98 valence electrons. The third-order valence-corrected chi connectivity index (χ3v) is 3.24. The highest BCUT2D eigenvalue weighted by atomic mass is 16.2. The van der Waals surface area contributed by atoms with Crippen LogP contribution in [0.3, 0.4) is 0 Å². The van der Waals surface area contributed by atoms with E-state index in [0.29, 0.717) is 11.8 Å². The summed E-state index contributed by atoms with van der Waals surface area (Å²) in [5.41, 5.74) is 0. The van der Waals surface area contributed by atoms with E-state index in [-0.39, 0.29) is 12.6 Å². The summed E-state index contributed by atoms with van der Waals surface area (Å²) in [7, 11) is 1.67. The molecule has 2 unspecified atom stereocenters. The molecular weight excluding hydrogens is 214 g/mol. The highest BCUT2D eigenvalue weighted by Gasteiger charge is 2.27. The molecule has 1 heterocycles. The Labute approximate surface area is 105 Å². The van der Waals surface area contributed by atoms with Crippen molar-refractivity contribution in [2.45, 2.75) is 34.1 Å². The zero-order valence-electron chi connectivity index (χ0n) is 11.7. The van der Waals surface area contributed by atoms with Crippen LogP contribution in [0.2, 0.25) is 0 Å². The molecule has 0 radical (unpaired) electrons. The molecule has 0 aromatic rings. The number of likely N-dealkylation sites (tertiary alicyclic amines) is 1. The monoisotopic (exact) mass is 239 g/mol. The van der Waals surface area contributed by atoms with E-state index in [4.69, 9.17) is 5.26 Å². The minimum absolute atomic E-state index is 0.0182. The standard InChI is InChI=1S/C11H19N3O.C2H6/c1-9-4-6-14(8-10(9)2)11(15)13(3)7-5-12;1-2/h9-10H,4,6-8H2,1-3H3;1-2H3. The molecule has 1 aliphatic heterocycles. The van der Waals surface area contributed by atoms with E-state index in [9.17, 15) is 4.79 Å². The number of carbonyl (C=O) groups is 1. The van der Waals surface area contributed by atoms with Crippen molar-refractivity contribution in [3.05, 3.63) is 0 Å². The fourth-order valence-electron chi connectivity index (χ4n) is 1.85. The Hall–Kier alpha value is -1.24. The van der Waals surface area contributed by atoms with Crippen LogP contribution in [-0.4, -0.2) is 42.5 Å². The van der Waals surface area contributed by atoms with Crippen LogP contribution in [0.25, 0.3) is 0 Å². The van der Waals surface area contributed by atoms with Crippen molar-refractivity contribution in [2.75, 3.05) is 26.7 Å². The summed E-state index contributed by atoms with van der Waals surface area (Å²) in [5, 5.41) is 8.52. The van der Waals surface area contributed by atoms with Gasteiger partial charge in [-0.05, 0) is 18.3 Å². The summed E-state index contributed by atoms with van der Waals surface area (Å²) in [6, 6.07) is 1.97. The number of amides is 2. The second-order valence-electron chi connectivity index (χ2n) is 4.49. The van der Waals surface area contributed by atoms with Gasteiger partial charge in [-0.15, -0.1) is 0 Å². The van der Waals surface area contributed by atoms with Crippen molar-refractivity contribution < 1.29 is 4.79 Å². The summed E-state index contributed by atoms with van der Waals surface area (Å²) >= 11 is 0. The highest BCUT2D eigenvalue weighted by Crippen LogP contribution is 2.22. The van der Waals surface area contributed by atoms with Gasteiger partial charge >= 0.3 is 6.03 Å². The van der Waals surface area contributed by atoms with Crippen molar-refractivity contribution in [1.82, 2.24) is 9.80 Å². The van der Waals surface area contributed by atoms with Gasteiger partial charge in [0.1, 0.15) is 6.54 Å². The minimum atomic E-state index is -0.0182. The van der Waals surface area contributed by atoms with Crippen LogP contribution in [0.4, 0.5) is 4.79 Å². The van der Waals surface area contributed by atoms with Gasteiger partial charge in [0.05, 0.1) is 6.07 Å². The summed E-state index contributed by atoms with van der Waals surface area (Å²) in [6.45, 7) is 10.2. The average Bonchev–Trinajstić information content (AvgIpc) is 2.34. The number of hydrogen-bond donors (Lipinski definition) is 0. The zero-order chi connectivity index (χ0) is 13.4. The third-order valence-electron chi connectivity index (χ3n) is 3.24. The van der Waals surface area contributed by atoms with E-state index in [1.165, 1.54) is 4.90 Å². The van der Waals surface area contributed by atoms with Crippen molar-refractivity contribution in [1.29, 1.82) is 5.26 Å². The first-order valence-electron chi connectivity index (χ1n) is 6.43. The van der Waals surface area contributed by atoms with E-state index >= 15 is 0 Å². The molecule has 0 bridgehead atoms. The molecule has 0 aromatic carbocycles. The van der Waals surface area contributed by atoms with Crippen LogP contribution in [-0.2, 0) is 0 Å². The molecule has 17 heavy (non-hydrogen) atoms. The topological polar surface area (TPSA) is 47.3 Å². The molecule has 0 spiro atoms. The van der Waals surface area contributed by atoms with Crippen LogP contribution < -0.4 is 0 Å². The summed E-state index contributed by atoms with van der Waals surface area (Å²) < 4.78 is 0. The first-order chi connectivity index (χ1) is 8.06. The third kappa shape index (κ3) is 4.64. The molecule has 1 aliphatic rings. The minimum Gasteiger partial charge on any atom is -0.324 e. The van der Waals surface area contributed by atoms with E-state index in [1.807, 2.05) is 24.8 Å². The Kier molecular flexibility index (Phi) is 7.36. The normalized spacial score (nSPS) is 23.2. The number of rotatable bonds is 1. The SMILES string of the molecule is CC.CC1CCN(C(=O)N(C)CC#N)CC1C. The van der Waals surface area contributed by atoms with E-state index in [0.717, 1.165) is 19.5 Å². The fourth-order valence-corrected chi connectivity index (χ4v) is 1.85. The Balaban J connectivity index is 0.00000121. The number of urea groups is 1. The molecule has 4 nitrogen and oxygen atoms in total. The predicted octanol–water partition coefficient (Wildman–Crippen LogP) is 2.57. The van der Waals surface area contributed by atoms with Crippen LogP contribution in [0.15, 0.2) is 0 Å². The molecule has 1 rings (SSSR count). The lowest BCUT2D eigenvalue weighted by Crippen LogP contribution is -2.47. The molecule has 4 heteroatoms. The van der Waals surface area contributed by atoms with Gasteiger partial charge in [-0.1, -0.05) is 27.7 Å². The maximum absolute atomic E-state index is 11.8. The van der Waals surface area contributed by atoms with Gasteiger partial charge in [0.15, 0.2) is 0 Å². The van der Waals surface area contributed by atoms with Crippen molar-refractivity contribution in [3.63, 3.8) is 0 Å². The van der Waals surface area contributed by atoms with Crippen LogP contribution in [0.5, 0.6) is 0 Å². The van der Waals surface area contributed by atoms with Crippen molar-refractivity contribution >= 4 is 6.03 Å². The number of nitrogens with zero attached hydrogens (tertiary/aromatic N) is 3. The maximum atomic E-state index is 11.8. The first-order valence-corrected chi connectivity index (χ1v) is 6.43. The molecule has 0 saturated carbocycles. The molecular formula is C13H25N3O. The predicted molar refractivity (Wildman–Crippen MR) is 69.5 cm³/mol. The number of carbonyl (C=O) groups excluding carboxylic acids is 1. The molecule has 2 atom stereocenters. The molecule has 0 aliphatic carbocycles. The van der Waals surface area contributed by atoms with Gasteiger partial charge in [0.25, 0.3) is 0 Å². The zero-order valence-corrected chi connectivity index (χ0v) is 11.7. The molecule has 0 aromatic heterocycles. The van der Waals surface area contributed by atoms with Crippen LogP contribution >= 0.6 is 0 Å². The quantitative estimate of drug-likeness (QED) is 0.660. The number of nitriles is 1. The Bertz CT molecular complexity index is 272. The summed E-state index contributed by atoms with van der Waals surface area (Å²) in [5.74, 6) is 1.24. The van der Waals surface area contributed by atoms with E-state index < -0.39 is 0 Å². The first kappa shape index (κ1) is 15.8. The summed E-state index contributed by atoms with van der Waals surface area (Å²) in [6.07, 6.45) is 1.06. The highest BCUT2D eigenvalue weighted by molar-refractivity contribution is 5.74. The average molecular weight is 239 g/mol. The molecule has 1 fully saturated rings. The van der Waals surface area contributed by atoms with Crippen molar-refractivity contribution in [2.24, 2.45) is 11.8 Å². The van der Waals surface area contributed by atoms with Gasteiger partial charge in [-0.25, -0.2) is 4.79 Å². The number of piperidine rings is 1. The van der Waals surface area contributed by atoms with Crippen LogP contribution in [0.1, 0.15) is 34.1 Å². The Morgan fingerprint density at radius 3 is 2.47 bits per heavy atom. The lowest BCUT2D eigenvalue weighted by Gasteiger charge is -2.36. The molecule has 2 amide bonds. The second kappa shape index (κ2) is 7.94. The van der Waals surface area contributed by atoms with E-state index in [2.05, 4.69) is 13.8 Å². The van der Waals surface area contributed by atoms with Crippen LogP contribution in [0, 0.1) is 23.2 Å².